The zero-order chi connectivity index (χ0) is 11.3. The van der Waals surface area contributed by atoms with Crippen molar-refractivity contribution in [2.45, 2.75) is 48.8 Å². The van der Waals surface area contributed by atoms with E-state index in [1.165, 1.54) is 6.26 Å². The molecule has 0 bridgehead atoms. The Hall–Kier alpha value is 0.260. The van der Waals surface area contributed by atoms with Crippen LogP contribution in [0.25, 0.3) is 0 Å². The average Bonchev–Trinajstić information content (AvgIpc) is 2.56. The minimum absolute atomic E-state index is 0.0674. The molecule has 0 radical (unpaired) electrons. The summed E-state index contributed by atoms with van der Waals surface area (Å²) in [4.78, 5) is -0.197. The number of thioether (sulfide) groups is 1. The van der Waals surface area contributed by atoms with Crippen LogP contribution >= 0.6 is 11.8 Å². The molecule has 1 saturated carbocycles. The number of hydrogen-bond donors (Lipinski definition) is 1. The Morgan fingerprint density at radius 1 is 1.40 bits per heavy atom. The van der Waals surface area contributed by atoms with Gasteiger partial charge in [0.2, 0.25) is 0 Å². The fourth-order valence-corrected chi connectivity index (χ4v) is 6.59. The van der Waals surface area contributed by atoms with E-state index >= 15 is 0 Å². The summed E-state index contributed by atoms with van der Waals surface area (Å²) in [7, 11) is -2.93. The molecule has 1 heterocycles. The second kappa shape index (κ2) is 3.37. The molecular weight excluding hydrogens is 230 g/mol. The zero-order valence-electron chi connectivity index (χ0n) is 9.54. The summed E-state index contributed by atoms with van der Waals surface area (Å²) in [5.41, 5.74) is 0.0674. The molecule has 88 valence electrons. The lowest BCUT2D eigenvalue weighted by molar-refractivity contribution is 0.368. The topological polar surface area (TPSA) is 46.2 Å². The van der Waals surface area contributed by atoms with E-state index in [4.69, 9.17) is 0 Å². The van der Waals surface area contributed by atoms with E-state index in [2.05, 4.69) is 19.2 Å². The Kier molecular flexibility index (Phi) is 2.64. The third-order valence-corrected chi connectivity index (χ3v) is 7.08. The normalized spacial score (nSPS) is 40.1. The fraction of sp³-hybridized carbons (Fsp3) is 1.00. The Morgan fingerprint density at radius 3 is 2.53 bits per heavy atom. The Morgan fingerprint density at radius 2 is 2.07 bits per heavy atom. The van der Waals surface area contributed by atoms with Crippen LogP contribution in [0.2, 0.25) is 0 Å². The summed E-state index contributed by atoms with van der Waals surface area (Å²) < 4.78 is 23.5. The molecule has 2 rings (SSSR count). The molecule has 15 heavy (non-hydrogen) atoms. The molecule has 1 spiro atoms. The summed E-state index contributed by atoms with van der Waals surface area (Å²) in [5, 5.41) is 3.35. The van der Waals surface area contributed by atoms with Gasteiger partial charge >= 0.3 is 0 Å². The molecule has 2 aliphatic rings. The first-order valence-corrected chi connectivity index (χ1v) is 8.31. The summed E-state index contributed by atoms with van der Waals surface area (Å²) >= 11 is 1.80. The summed E-state index contributed by atoms with van der Waals surface area (Å²) in [6.07, 6.45) is 4.19. The Bertz CT molecular complexity index is 364. The standard InChI is InChI=1S/C10H19NO2S2/c1-9(2)7-14-10(11-9)6-4-5-8(10)15(3,12)13/h8,11H,4-7H2,1-3H3. The highest BCUT2D eigenvalue weighted by atomic mass is 32.2. The molecule has 5 heteroatoms. The molecule has 1 N–H and O–H groups in total. The quantitative estimate of drug-likeness (QED) is 0.763. The van der Waals surface area contributed by atoms with E-state index in [1.807, 2.05) is 0 Å². The lowest BCUT2D eigenvalue weighted by Gasteiger charge is -2.32. The van der Waals surface area contributed by atoms with Crippen molar-refractivity contribution in [1.29, 1.82) is 0 Å². The van der Waals surface area contributed by atoms with Crippen LogP contribution in [0.4, 0.5) is 0 Å². The minimum atomic E-state index is -2.93. The monoisotopic (exact) mass is 249 g/mol. The van der Waals surface area contributed by atoms with Gasteiger partial charge in [0.15, 0.2) is 9.84 Å². The average molecular weight is 249 g/mol. The molecule has 1 aliphatic carbocycles. The maximum atomic E-state index is 11.8. The van der Waals surface area contributed by atoms with Gasteiger partial charge < -0.3 is 0 Å². The van der Waals surface area contributed by atoms with Gasteiger partial charge in [-0.3, -0.25) is 5.32 Å². The predicted molar refractivity (Wildman–Crippen MR) is 64.9 cm³/mol. The van der Waals surface area contributed by atoms with Gasteiger partial charge in [-0.15, -0.1) is 11.8 Å². The largest absolute Gasteiger partial charge is 0.296 e. The van der Waals surface area contributed by atoms with Gasteiger partial charge in [0.1, 0.15) is 0 Å². The maximum absolute atomic E-state index is 11.8. The maximum Gasteiger partial charge on any atom is 0.152 e. The van der Waals surface area contributed by atoms with Gasteiger partial charge in [-0.1, -0.05) is 0 Å². The zero-order valence-corrected chi connectivity index (χ0v) is 11.2. The van der Waals surface area contributed by atoms with Crippen LogP contribution in [-0.2, 0) is 9.84 Å². The van der Waals surface area contributed by atoms with Gasteiger partial charge in [0.05, 0.1) is 10.1 Å². The van der Waals surface area contributed by atoms with Gasteiger partial charge in [-0.25, -0.2) is 8.42 Å². The van der Waals surface area contributed by atoms with Crippen LogP contribution in [-0.4, -0.2) is 36.1 Å². The summed E-state index contributed by atoms with van der Waals surface area (Å²) in [6, 6.07) is 0. The van der Waals surface area contributed by atoms with Crippen molar-refractivity contribution in [2.24, 2.45) is 0 Å². The summed E-state index contributed by atoms with van der Waals surface area (Å²) in [5.74, 6) is 0.999. The highest BCUT2D eigenvalue weighted by molar-refractivity contribution is 8.02. The van der Waals surface area contributed by atoms with Gasteiger partial charge in [0, 0.05) is 17.5 Å². The first kappa shape index (κ1) is 11.7. The Labute approximate surface area is 96.3 Å². The van der Waals surface area contributed by atoms with E-state index in [9.17, 15) is 8.42 Å². The van der Waals surface area contributed by atoms with Crippen molar-refractivity contribution >= 4 is 21.6 Å². The van der Waals surface area contributed by atoms with Gasteiger partial charge in [0.25, 0.3) is 0 Å². The molecule has 0 aromatic rings. The van der Waals surface area contributed by atoms with Gasteiger partial charge in [-0.05, 0) is 33.1 Å². The molecule has 1 saturated heterocycles. The fourth-order valence-electron chi connectivity index (χ4n) is 2.77. The number of hydrogen-bond acceptors (Lipinski definition) is 4. The highest BCUT2D eigenvalue weighted by Gasteiger charge is 2.54. The first-order chi connectivity index (χ1) is 6.75. The third kappa shape index (κ3) is 2.06. The van der Waals surface area contributed by atoms with E-state index < -0.39 is 9.84 Å². The SMILES string of the molecule is CC1(C)CSC2(CCCC2S(C)(=O)=O)N1. The minimum Gasteiger partial charge on any atom is -0.296 e. The molecule has 2 atom stereocenters. The van der Waals surface area contributed by atoms with E-state index in [-0.39, 0.29) is 15.7 Å². The second-order valence-corrected chi connectivity index (χ2v) is 8.93. The van der Waals surface area contributed by atoms with E-state index in [1.54, 1.807) is 11.8 Å². The molecule has 1 aliphatic heterocycles. The van der Waals surface area contributed by atoms with Crippen LogP contribution in [0.3, 0.4) is 0 Å². The van der Waals surface area contributed by atoms with Crippen LogP contribution in [0, 0.1) is 0 Å². The van der Waals surface area contributed by atoms with Crippen molar-refractivity contribution in [1.82, 2.24) is 5.32 Å². The van der Waals surface area contributed by atoms with E-state index in [0.29, 0.717) is 0 Å². The van der Waals surface area contributed by atoms with Crippen molar-refractivity contribution in [3.63, 3.8) is 0 Å². The number of nitrogens with one attached hydrogen (secondary N) is 1. The molecular formula is C10H19NO2S2. The molecule has 0 amide bonds. The first-order valence-electron chi connectivity index (χ1n) is 5.37. The van der Waals surface area contributed by atoms with Crippen LogP contribution < -0.4 is 5.32 Å². The lowest BCUT2D eigenvalue weighted by Crippen LogP contribution is -2.53. The second-order valence-electron chi connectivity index (χ2n) is 5.40. The molecule has 3 nitrogen and oxygen atoms in total. The van der Waals surface area contributed by atoms with Crippen molar-refractivity contribution < 1.29 is 8.42 Å². The molecule has 2 unspecified atom stereocenters. The van der Waals surface area contributed by atoms with Gasteiger partial charge in [-0.2, -0.15) is 0 Å². The van der Waals surface area contributed by atoms with Crippen molar-refractivity contribution in [3.05, 3.63) is 0 Å². The smallest absolute Gasteiger partial charge is 0.152 e. The van der Waals surface area contributed by atoms with Crippen LogP contribution in [0.1, 0.15) is 33.1 Å². The molecule has 2 fully saturated rings. The number of sulfone groups is 1. The van der Waals surface area contributed by atoms with Crippen LogP contribution in [0.5, 0.6) is 0 Å². The van der Waals surface area contributed by atoms with Crippen LogP contribution in [0.15, 0.2) is 0 Å². The predicted octanol–water partition coefficient (Wildman–Crippen LogP) is 1.39. The summed E-state index contributed by atoms with van der Waals surface area (Å²) in [6.45, 7) is 4.29. The highest BCUT2D eigenvalue weighted by Crippen LogP contribution is 2.48. The van der Waals surface area contributed by atoms with E-state index in [0.717, 1.165) is 25.0 Å². The molecule has 0 aromatic heterocycles. The lowest BCUT2D eigenvalue weighted by atomic mass is 10.1. The Balaban J connectivity index is 2.29. The van der Waals surface area contributed by atoms with Crippen molar-refractivity contribution in [2.75, 3.05) is 12.0 Å². The molecule has 0 aromatic carbocycles. The van der Waals surface area contributed by atoms with Crippen molar-refractivity contribution in [3.8, 4) is 0 Å². The number of rotatable bonds is 1. The third-order valence-electron chi connectivity index (χ3n) is 3.29.